The van der Waals surface area contributed by atoms with Gasteiger partial charge in [0.15, 0.2) is 0 Å². The Kier molecular flexibility index (Phi) is 4.07. The summed E-state index contributed by atoms with van der Waals surface area (Å²) in [6, 6.07) is 0.145. The zero-order chi connectivity index (χ0) is 14.3. The second-order valence-electron chi connectivity index (χ2n) is 7.86. The summed E-state index contributed by atoms with van der Waals surface area (Å²) in [7, 11) is 0. The van der Waals surface area contributed by atoms with E-state index >= 15 is 0 Å². The Labute approximate surface area is 123 Å². The van der Waals surface area contributed by atoms with Crippen molar-refractivity contribution < 1.29 is 4.79 Å². The van der Waals surface area contributed by atoms with Crippen LogP contribution < -0.4 is 5.73 Å². The fourth-order valence-electron chi connectivity index (χ4n) is 5.04. The highest BCUT2D eigenvalue weighted by atomic mass is 16.2. The van der Waals surface area contributed by atoms with E-state index in [9.17, 15) is 4.79 Å². The molecule has 2 N–H and O–H groups in total. The molecule has 5 atom stereocenters. The maximum Gasteiger partial charge on any atom is 0.227 e. The van der Waals surface area contributed by atoms with Crippen molar-refractivity contribution in [1.82, 2.24) is 4.90 Å². The number of hydrogen-bond acceptors (Lipinski definition) is 2. The molecule has 0 aromatic heterocycles. The highest BCUT2D eigenvalue weighted by Gasteiger charge is 2.50. The third-order valence-corrected chi connectivity index (χ3v) is 5.90. The molecular weight excluding hydrogens is 248 g/mol. The fraction of sp³-hybridized carbons (Fsp3) is 0.941. The molecule has 1 amide bonds. The van der Waals surface area contributed by atoms with E-state index in [1.807, 2.05) is 0 Å². The van der Waals surface area contributed by atoms with Crippen LogP contribution in [-0.2, 0) is 4.79 Å². The van der Waals surface area contributed by atoms with Crippen molar-refractivity contribution in [3.05, 3.63) is 0 Å². The predicted molar refractivity (Wildman–Crippen MR) is 81.1 cm³/mol. The second-order valence-corrected chi connectivity index (χ2v) is 7.86. The minimum absolute atomic E-state index is 0.145. The van der Waals surface area contributed by atoms with Gasteiger partial charge < -0.3 is 10.6 Å². The number of piperidine rings is 1. The minimum Gasteiger partial charge on any atom is -0.342 e. The van der Waals surface area contributed by atoms with E-state index in [0.29, 0.717) is 23.7 Å². The van der Waals surface area contributed by atoms with Crippen molar-refractivity contribution in [2.24, 2.45) is 35.3 Å². The predicted octanol–water partition coefficient (Wildman–Crippen LogP) is 2.64. The van der Waals surface area contributed by atoms with Gasteiger partial charge >= 0.3 is 0 Å². The van der Waals surface area contributed by atoms with Crippen LogP contribution in [-0.4, -0.2) is 29.9 Å². The van der Waals surface area contributed by atoms with Gasteiger partial charge in [-0.1, -0.05) is 13.8 Å². The molecule has 5 unspecified atom stereocenters. The van der Waals surface area contributed by atoms with E-state index < -0.39 is 0 Å². The molecule has 0 aromatic rings. The van der Waals surface area contributed by atoms with Crippen LogP contribution in [0.1, 0.15) is 52.4 Å². The van der Waals surface area contributed by atoms with E-state index in [-0.39, 0.29) is 12.0 Å². The van der Waals surface area contributed by atoms with Gasteiger partial charge in [-0.25, -0.2) is 0 Å². The van der Waals surface area contributed by atoms with Crippen molar-refractivity contribution in [2.75, 3.05) is 13.1 Å². The number of fused-ring (bicyclic) bond motifs is 2. The first-order chi connectivity index (χ1) is 9.56. The Morgan fingerprint density at radius 2 is 2.00 bits per heavy atom. The molecule has 1 aliphatic heterocycles. The van der Waals surface area contributed by atoms with Crippen LogP contribution in [0.2, 0.25) is 0 Å². The lowest BCUT2D eigenvalue weighted by molar-refractivity contribution is -0.139. The molecule has 3 fully saturated rings. The van der Waals surface area contributed by atoms with Gasteiger partial charge in [-0.3, -0.25) is 4.79 Å². The average molecular weight is 278 g/mol. The van der Waals surface area contributed by atoms with Gasteiger partial charge in [0.25, 0.3) is 0 Å². The standard InChI is InChI=1S/C17H30N2O/c1-11(2)8-12-4-3-7-19(10-12)17(20)15-13-5-6-14(9-13)16(15)18/h11-16H,3-10,18H2,1-2H3. The molecule has 2 aliphatic carbocycles. The largest absolute Gasteiger partial charge is 0.342 e. The number of nitrogens with two attached hydrogens (primary N) is 1. The van der Waals surface area contributed by atoms with Crippen LogP contribution in [0, 0.1) is 29.6 Å². The molecule has 1 saturated heterocycles. The molecule has 20 heavy (non-hydrogen) atoms. The average Bonchev–Trinajstić information content (AvgIpc) is 2.98. The fourth-order valence-corrected chi connectivity index (χ4v) is 5.04. The molecule has 3 aliphatic rings. The maximum atomic E-state index is 12.9. The van der Waals surface area contributed by atoms with Crippen LogP contribution in [0.3, 0.4) is 0 Å². The number of carbonyl (C=O) groups is 1. The van der Waals surface area contributed by atoms with Crippen LogP contribution in [0.5, 0.6) is 0 Å². The molecule has 2 saturated carbocycles. The Morgan fingerprint density at radius 3 is 2.65 bits per heavy atom. The van der Waals surface area contributed by atoms with Gasteiger partial charge in [0.1, 0.15) is 0 Å². The summed E-state index contributed by atoms with van der Waals surface area (Å²) < 4.78 is 0. The minimum atomic E-state index is 0.145. The molecule has 114 valence electrons. The monoisotopic (exact) mass is 278 g/mol. The topological polar surface area (TPSA) is 46.3 Å². The van der Waals surface area contributed by atoms with Crippen molar-refractivity contribution in [3.8, 4) is 0 Å². The van der Waals surface area contributed by atoms with Gasteiger partial charge in [0.05, 0.1) is 5.92 Å². The van der Waals surface area contributed by atoms with Gasteiger partial charge in [-0.15, -0.1) is 0 Å². The summed E-state index contributed by atoms with van der Waals surface area (Å²) in [6.45, 7) is 6.52. The van der Waals surface area contributed by atoms with Gasteiger partial charge in [0.2, 0.25) is 5.91 Å². The zero-order valence-electron chi connectivity index (χ0n) is 13.1. The number of hydrogen-bond donors (Lipinski definition) is 1. The molecule has 3 heteroatoms. The number of amides is 1. The summed E-state index contributed by atoms with van der Waals surface area (Å²) >= 11 is 0. The second kappa shape index (κ2) is 5.67. The third kappa shape index (κ3) is 2.61. The number of carbonyl (C=O) groups excluding carboxylic acids is 1. The highest BCUT2D eigenvalue weighted by Crippen LogP contribution is 2.48. The van der Waals surface area contributed by atoms with Crippen LogP contribution in [0.4, 0.5) is 0 Å². The Bertz CT molecular complexity index is 366. The van der Waals surface area contributed by atoms with Crippen molar-refractivity contribution in [3.63, 3.8) is 0 Å². The number of likely N-dealkylation sites (tertiary alicyclic amines) is 1. The van der Waals surface area contributed by atoms with Crippen LogP contribution >= 0.6 is 0 Å². The molecular formula is C17H30N2O. The summed E-state index contributed by atoms with van der Waals surface area (Å²) in [5.74, 6) is 3.20. The molecule has 3 nitrogen and oxygen atoms in total. The van der Waals surface area contributed by atoms with E-state index in [1.165, 1.54) is 38.5 Å². The third-order valence-electron chi connectivity index (χ3n) is 5.90. The van der Waals surface area contributed by atoms with E-state index in [1.54, 1.807) is 0 Å². The first-order valence-electron chi connectivity index (χ1n) is 8.60. The number of nitrogens with zero attached hydrogens (tertiary/aromatic N) is 1. The molecule has 0 aromatic carbocycles. The van der Waals surface area contributed by atoms with Gasteiger partial charge in [-0.2, -0.15) is 0 Å². The Morgan fingerprint density at radius 1 is 1.25 bits per heavy atom. The van der Waals surface area contributed by atoms with Crippen molar-refractivity contribution in [2.45, 2.75) is 58.4 Å². The summed E-state index contributed by atoms with van der Waals surface area (Å²) in [6.07, 6.45) is 7.43. The van der Waals surface area contributed by atoms with Gasteiger partial charge in [-0.05, 0) is 62.2 Å². The lowest BCUT2D eigenvalue weighted by atomic mass is 9.82. The van der Waals surface area contributed by atoms with E-state index in [0.717, 1.165) is 19.0 Å². The summed E-state index contributed by atoms with van der Waals surface area (Å²) in [5.41, 5.74) is 6.34. The van der Waals surface area contributed by atoms with E-state index in [2.05, 4.69) is 18.7 Å². The highest BCUT2D eigenvalue weighted by molar-refractivity contribution is 5.80. The smallest absolute Gasteiger partial charge is 0.227 e. The van der Waals surface area contributed by atoms with Crippen LogP contribution in [0.15, 0.2) is 0 Å². The number of rotatable bonds is 3. The maximum absolute atomic E-state index is 12.9. The summed E-state index contributed by atoms with van der Waals surface area (Å²) in [5, 5.41) is 0. The lowest BCUT2D eigenvalue weighted by Crippen LogP contribution is -2.50. The zero-order valence-corrected chi connectivity index (χ0v) is 13.1. The lowest BCUT2D eigenvalue weighted by Gasteiger charge is -2.38. The molecule has 0 radical (unpaired) electrons. The first-order valence-corrected chi connectivity index (χ1v) is 8.60. The summed E-state index contributed by atoms with van der Waals surface area (Å²) in [4.78, 5) is 15.0. The molecule has 2 bridgehead atoms. The Hall–Kier alpha value is -0.570. The van der Waals surface area contributed by atoms with Crippen molar-refractivity contribution in [1.29, 1.82) is 0 Å². The SMILES string of the molecule is CC(C)CC1CCCN(C(=O)C2C3CCC(C3)C2N)C1. The van der Waals surface area contributed by atoms with E-state index in [4.69, 9.17) is 5.73 Å². The molecule has 3 rings (SSSR count). The van der Waals surface area contributed by atoms with Crippen molar-refractivity contribution >= 4 is 5.91 Å². The first kappa shape index (κ1) is 14.4. The quantitative estimate of drug-likeness (QED) is 0.862. The van der Waals surface area contributed by atoms with Gasteiger partial charge in [0, 0.05) is 19.1 Å². The molecule has 1 heterocycles. The normalized spacial score (nSPS) is 40.6. The molecule has 0 spiro atoms. The Balaban J connectivity index is 1.62. The van der Waals surface area contributed by atoms with Crippen LogP contribution in [0.25, 0.3) is 0 Å².